The van der Waals surface area contributed by atoms with Gasteiger partial charge in [-0.15, -0.1) is 0 Å². The Morgan fingerprint density at radius 1 is 1.70 bits per heavy atom. The largest absolute Gasteiger partial charge is 0.376 e. The zero-order valence-electron chi connectivity index (χ0n) is 11.4. The van der Waals surface area contributed by atoms with Crippen LogP contribution in [0.2, 0.25) is 5.02 Å². The summed E-state index contributed by atoms with van der Waals surface area (Å²) in [4.78, 5) is 18.2. The average Bonchev–Trinajstić information content (AvgIpc) is 2.97. The van der Waals surface area contributed by atoms with Gasteiger partial charge in [0.2, 0.25) is 0 Å². The van der Waals surface area contributed by atoms with Crippen molar-refractivity contribution in [2.24, 2.45) is 5.84 Å². The molecule has 1 saturated heterocycles. The molecule has 20 heavy (non-hydrogen) atoms. The minimum atomic E-state index is -0.0963. The van der Waals surface area contributed by atoms with Crippen molar-refractivity contribution in [3.8, 4) is 0 Å². The van der Waals surface area contributed by atoms with E-state index in [1.54, 1.807) is 11.0 Å². The van der Waals surface area contributed by atoms with Crippen LogP contribution < -0.4 is 11.3 Å². The SMILES string of the molecule is CCN(CC1CCCO1)C(=O)c1cnc(NN)c(Cl)c1. The maximum atomic E-state index is 12.4. The van der Waals surface area contributed by atoms with Crippen LogP contribution in [0.5, 0.6) is 0 Å². The normalized spacial score (nSPS) is 18.1. The third kappa shape index (κ3) is 3.39. The molecule has 0 saturated carbocycles. The Kier molecular flexibility index (Phi) is 5.17. The monoisotopic (exact) mass is 298 g/mol. The molecule has 1 aliphatic rings. The number of nitrogen functional groups attached to an aromatic ring is 1. The first-order chi connectivity index (χ1) is 9.65. The topological polar surface area (TPSA) is 80.5 Å². The molecule has 6 nitrogen and oxygen atoms in total. The van der Waals surface area contributed by atoms with Crippen LogP contribution in [0.4, 0.5) is 5.82 Å². The molecule has 1 aromatic heterocycles. The van der Waals surface area contributed by atoms with Gasteiger partial charge in [0.1, 0.15) is 0 Å². The highest BCUT2D eigenvalue weighted by Crippen LogP contribution is 2.20. The van der Waals surface area contributed by atoms with Gasteiger partial charge in [0.25, 0.3) is 5.91 Å². The molecule has 7 heteroatoms. The first-order valence-electron chi connectivity index (χ1n) is 6.68. The van der Waals surface area contributed by atoms with Crippen molar-refractivity contribution in [3.63, 3.8) is 0 Å². The van der Waals surface area contributed by atoms with Gasteiger partial charge in [-0.25, -0.2) is 10.8 Å². The van der Waals surface area contributed by atoms with E-state index in [1.807, 2.05) is 6.92 Å². The van der Waals surface area contributed by atoms with E-state index < -0.39 is 0 Å². The van der Waals surface area contributed by atoms with E-state index in [0.29, 0.717) is 29.5 Å². The van der Waals surface area contributed by atoms with Crippen LogP contribution in [0.1, 0.15) is 30.1 Å². The minimum Gasteiger partial charge on any atom is -0.376 e. The molecule has 1 aromatic rings. The first-order valence-corrected chi connectivity index (χ1v) is 7.06. The molecule has 0 aliphatic carbocycles. The molecule has 2 rings (SSSR count). The quantitative estimate of drug-likeness (QED) is 0.638. The summed E-state index contributed by atoms with van der Waals surface area (Å²) < 4.78 is 5.57. The van der Waals surface area contributed by atoms with Gasteiger partial charge in [0.05, 0.1) is 16.7 Å². The van der Waals surface area contributed by atoms with Gasteiger partial charge >= 0.3 is 0 Å². The van der Waals surface area contributed by atoms with Crippen LogP contribution >= 0.6 is 11.6 Å². The minimum absolute atomic E-state index is 0.0963. The first kappa shape index (κ1) is 15.0. The average molecular weight is 299 g/mol. The number of nitrogens with zero attached hydrogens (tertiary/aromatic N) is 2. The lowest BCUT2D eigenvalue weighted by molar-refractivity contribution is 0.0539. The second kappa shape index (κ2) is 6.88. The summed E-state index contributed by atoms with van der Waals surface area (Å²) in [7, 11) is 0. The summed E-state index contributed by atoms with van der Waals surface area (Å²) in [6.45, 7) is 3.94. The summed E-state index contributed by atoms with van der Waals surface area (Å²) in [6, 6.07) is 1.57. The van der Waals surface area contributed by atoms with E-state index in [1.165, 1.54) is 6.20 Å². The van der Waals surface area contributed by atoms with Crippen LogP contribution in [-0.4, -0.2) is 41.6 Å². The molecular formula is C13H19ClN4O2. The highest BCUT2D eigenvalue weighted by atomic mass is 35.5. The fourth-order valence-corrected chi connectivity index (χ4v) is 2.45. The van der Waals surface area contributed by atoms with Crippen molar-refractivity contribution in [1.82, 2.24) is 9.88 Å². The maximum absolute atomic E-state index is 12.4. The van der Waals surface area contributed by atoms with Gasteiger partial charge in [-0.2, -0.15) is 0 Å². The Hall–Kier alpha value is -1.37. The number of carbonyl (C=O) groups is 1. The number of pyridine rings is 1. The van der Waals surface area contributed by atoms with E-state index in [9.17, 15) is 4.79 Å². The Morgan fingerprint density at radius 2 is 2.50 bits per heavy atom. The lowest BCUT2D eigenvalue weighted by Gasteiger charge is -2.24. The molecular weight excluding hydrogens is 280 g/mol. The molecule has 1 unspecified atom stereocenters. The van der Waals surface area contributed by atoms with Crippen LogP contribution in [-0.2, 0) is 4.74 Å². The number of halogens is 1. The van der Waals surface area contributed by atoms with Crippen molar-refractivity contribution in [1.29, 1.82) is 0 Å². The number of likely N-dealkylation sites (N-methyl/N-ethyl adjacent to an activating group) is 1. The number of ether oxygens (including phenoxy) is 1. The van der Waals surface area contributed by atoms with E-state index >= 15 is 0 Å². The van der Waals surface area contributed by atoms with Gasteiger partial charge < -0.3 is 15.1 Å². The molecule has 3 N–H and O–H groups in total. The predicted octanol–water partition coefficient (Wildman–Crippen LogP) is 1.66. The molecule has 0 spiro atoms. The van der Waals surface area contributed by atoms with Crippen molar-refractivity contribution in [2.45, 2.75) is 25.9 Å². The number of hydrogen-bond donors (Lipinski definition) is 2. The highest BCUT2D eigenvalue weighted by molar-refractivity contribution is 6.33. The van der Waals surface area contributed by atoms with Crippen molar-refractivity contribution < 1.29 is 9.53 Å². The van der Waals surface area contributed by atoms with Crippen LogP contribution in [0.15, 0.2) is 12.3 Å². The van der Waals surface area contributed by atoms with Gasteiger partial charge in [-0.3, -0.25) is 4.79 Å². The maximum Gasteiger partial charge on any atom is 0.255 e. The van der Waals surface area contributed by atoms with Crippen LogP contribution in [0.25, 0.3) is 0 Å². The Bertz CT molecular complexity index is 477. The summed E-state index contributed by atoms with van der Waals surface area (Å²) in [5.41, 5.74) is 2.83. The number of amides is 1. The third-order valence-electron chi connectivity index (χ3n) is 3.34. The van der Waals surface area contributed by atoms with Crippen molar-refractivity contribution in [3.05, 3.63) is 22.8 Å². The molecule has 1 aliphatic heterocycles. The molecule has 1 atom stereocenters. The van der Waals surface area contributed by atoms with Crippen molar-refractivity contribution in [2.75, 3.05) is 25.1 Å². The number of hydrazine groups is 1. The number of carbonyl (C=O) groups excluding carboxylic acids is 1. The Morgan fingerprint density at radius 3 is 3.05 bits per heavy atom. The van der Waals surface area contributed by atoms with E-state index in [0.717, 1.165) is 19.4 Å². The summed E-state index contributed by atoms with van der Waals surface area (Å²) >= 11 is 5.99. The number of nitrogens with one attached hydrogen (secondary N) is 1. The molecule has 110 valence electrons. The summed E-state index contributed by atoms with van der Waals surface area (Å²) in [5, 5.41) is 0.325. The van der Waals surface area contributed by atoms with Crippen LogP contribution in [0, 0.1) is 0 Å². The number of rotatable bonds is 5. The number of nitrogens with two attached hydrogens (primary N) is 1. The second-order valence-electron chi connectivity index (χ2n) is 4.68. The third-order valence-corrected chi connectivity index (χ3v) is 3.63. The number of hydrogen-bond acceptors (Lipinski definition) is 5. The summed E-state index contributed by atoms with van der Waals surface area (Å²) in [6.07, 6.45) is 3.66. The lowest BCUT2D eigenvalue weighted by Crippen LogP contribution is -2.37. The standard InChI is InChI=1S/C13H19ClN4O2/c1-2-18(8-10-4-3-5-20-10)13(19)9-6-11(14)12(17-15)16-7-9/h6-7,10H,2-5,8,15H2,1H3,(H,16,17). The number of aromatic nitrogens is 1. The zero-order chi connectivity index (χ0) is 14.5. The van der Waals surface area contributed by atoms with Crippen LogP contribution in [0.3, 0.4) is 0 Å². The Balaban J connectivity index is 2.09. The van der Waals surface area contributed by atoms with Gasteiger partial charge in [-0.1, -0.05) is 11.6 Å². The Labute approximate surface area is 123 Å². The predicted molar refractivity (Wildman–Crippen MR) is 77.6 cm³/mol. The fourth-order valence-electron chi connectivity index (χ4n) is 2.23. The smallest absolute Gasteiger partial charge is 0.255 e. The van der Waals surface area contributed by atoms with E-state index in [4.69, 9.17) is 22.2 Å². The van der Waals surface area contributed by atoms with Gasteiger partial charge in [-0.05, 0) is 25.8 Å². The zero-order valence-corrected chi connectivity index (χ0v) is 12.2. The van der Waals surface area contributed by atoms with Gasteiger partial charge in [0, 0.05) is 25.9 Å². The molecule has 0 bridgehead atoms. The van der Waals surface area contributed by atoms with Gasteiger partial charge in [0.15, 0.2) is 5.82 Å². The molecule has 2 heterocycles. The second-order valence-corrected chi connectivity index (χ2v) is 5.08. The molecule has 1 amide bonds. The fraction of sp³-hybridized carbons (Fsp3) is 0.538. The molecule has 1 fully saturated rings. The summed E-state index contributed by atoms with van der Waals surface area (Å²) in [5.74, 6) is 5.52. The van der Waals surface area contributed by atoms with Crippen molar-refractivity contribution >= 4 is 23.3 Å². The molecule has 0 aromatic carbocycles. The highest BCUT2D eigenvalue weighted by Gasteiger charge is 2.23. The van der Waals surface area contributed by atoms with E-state index in [2.05, 4.69) is 10.4 Å². The van der Waals surface area contributed by atoms with E-state index in [-0.39, 0.29) is 12.0 Å². The number of anilines is 1. The molecule has 0 radical (unpaired) electrons. The lowest BCUT2D eigenvalue weighted by atomic mass is 10.2.